The minimum absolute atomic E-state index is 0.0690. The lowest BCUT2D eigenvalue weighted by Crippen LogP contribution is -2.37. The van der Waals surface area contributed by atoms with Crippen molar-refractivity contribution >= 4 is 16.8 Å². The highest BCUT2D eigenvalue weighted by Gasteiger charge is 2.27. The normalized spacial score (nSPS) is 21.0. The Labute approximate surface area is 177 Å². The fraction of sp³-hybridized carbons (Fsp3) is 0.440. The highest BCUT2D eigenvalue weighted by atomic mass is 16.5. The second kappa shape index (κ2) is 8.23. The smallest absolute Gasteiger partial charge is 0.256 e. The molecule has 2 aliphatic rings. The number of nitrogens with one attached hydrogen (secondary N) is 1. The number of aromatic nitrogens is 2. The van der Waals surface area contributed by atoms with Gasteiger partial charge in [-0.2, -0.15) is 0 Å². The lowest BCUT2D eigenvalue weighted by molar-refractivity contribution is 0.0508. The number of benzene rings is 1. The zero-order valence-electron chi connectivity index (χ0n) is 17.6. The molecule has 5 rings (SSSR count). The molecular formula is C25H29N3O2. The number of aryl methyl sites for hydroxylation is 1. The molecule has 1 fully saturated rings. The first-order valence-electron chi connectivity index (χ1n) is 11.1. The third-order valence-electron chi connectivity index (χ3n) is 6.56. The van der Waals surface area contributed by atoms with Crippen LogP contribution in [0.15, 0.2) is 42.7 Å². The SMILES string of the molecule is CC1CCc2[nH]c3c(C(=O)N(Cc4ccncc4)CC4CCCO4)cccc3c2C1. The average molecular weight is 404 g/mol. The molecule has 2 aromatic heterocycles. The summed E-state index contributed by atoms with van der Waals surface area (Å²) in [4.78, 5) is 23.4. The van der Waals surface area contributed by atoms with E-state index >= 15 is 0 Å². The van der Waals surface area contributed by atoms with E-state index in [4.69, 9.17) is 4.74 Å². The second-order valence-corrected chi connectivity index (χ2v) is 8.83. The van der Waals surface area contributed by atoms with E-state index in [9.17, 15) is 4.79 Å². The molecule has 3 aromatic rings. The number of fused-ring (bicyclic) bond motifs is 3. The van der Waals surface area contributed by atoms with Crippen molar-refractivity contribution in [2.24, 2.45) is 5.92 Å². The second-order valence-electron chi connectivity index (χ2n) is 8.83. The number of nitrogens with zero attached hydrogens (tertiary/aromatic N) is 2. The Morgan fingerprint density at radius 3 is 2.90 bits per heavy atom. The van der Waals surface area contributed by atoms with E-state index in [2.05, 4.69) is 23.0 Å². The van der Waals surface area contributed by atoms with Gasteiger partial charge in [0.2, 0.25) is 0 Å². The summed E-state index contributed by atoms with van der Waals surface area (Å²) in [7, 11) is 0. The van der Waals surface area contributed by atoms with Crippen LogP contribution in [-0.2, 0) is 24.1 Å². The maximum absolute atomic E-state index is 13.8. The Balaban J connectivity index is 1.50. The number of aromatic amines is 1. The van der Waals surface area contributed by atoms with Gasteiger partial charge in [-0.05, 0) is 67.3 Å². The van der Waals surface area contributed by atoms with Gasteiger partial charge in [0.15, 0.2) is 0 Å². The highest BCUT2D eigenvalue weighted by molar-refractivity contribution is 6.06. The summed E-state index contributed by atoms with van der Waals surface area (Å²) in [6.07, 6.45) is 9.12. The molecule has 1 amide bonds. The van der Waals surface area contributed by atoms with Gasteiger partial charge < -0.3 is 14.6 Å². The topological polar surface area (TPSA) is 58.2 Å². The highest BCUT2D eigenvalue weighted by Crippen LogP contribution is 2.33. The number of hydrogen-bond donors (Lipinski definition) is 1. The largest absolute Gasteiger partial charge is 0.376 e. The van der Waals surface area contributed by atoms with Crippen molar-refractivity contribution in [3.05, 3.63) is 65.1 Å². The van der Waals surface area contributed by atoms with Gasteiger partial charge >= 0.3 is 0 Å². The molecular weight excluding hydrogens is 374 g/mol. The van der Waals surface area contributed by atoms with Crippen LogP contribution >= 0.6 is 0 Å². The average Bonchev–Trinajstić information content (AvgIpc) is 3.41. The van der Waals surface area contributed by atoms with Gasteiger partial charge in [0, 0.05) is 43.2 Å². The van der Waals surface area contributed by atoms with Crippen LogP contribution in [0.2, 0.25) is 0 Å². The summed E-state index contributed by atoms with van der Waals surface area (Å²) in [5, 5.41) is 1.21. The Morgan fingerprint density at radius 1 is 1.23 bits per heavy atom. The van der Waals surface area contributed by atoms with E-state index in [1.54, 1.807) is 12.4 Å². The maximum atomic E-state index is 13.8. The van der Waals surface area contributed by atoms with E-state index in [0.29, 0.717) is 19.0 Å². The Hall–Kier alpha value is -2.66. The van der Waals surface area contributed by atoms with E-state index < -0.39 is 0 Å². The Kier molecular flexibility index (Phi) is 5.30. The zero-order chi connectivity index (χ0) is 20.5. The van der Waals surface area contributed by atoms with Gasteiger partial charge in [-0.25, -0.2) is 0 Å². The quantitative estimate of drug-likeness (QED) is 0.682. The van der Waals surface area contributed by atoms with E-state index in [-0.39, 0.29) is 12.0 Å². The summed E-state index contributed by atoms with van der Waals surface area (Å²) in [5.74, 6) is 0.762. The number of H-pyrrole nitrogens is 1. The summed E-state index contributed by atoms with van der Waals surface area (Å²) in [6, 6.07) is 10.1. The van der Waals surface area contributed by atoms with E-state index in [1.165, 1.54) is 23.1 Å². The van der Waals surface area contributed by atoms with Gasteiger partial charge in [-0.1, -0.05) is 19.1 Å². The number of rotatable bonds is 5. The number of para-hydroxylation sites is 1. The molecule has 156 valence electrons. The molecule has 1 aliphatic heterocycles. The van der Waals surface area contributed by atoms with Crippen LogP contribution in [0, 0.1) is 5.92 Å². The number of pyridine rings is 1. The van der Waals surface area contributed by atoms with Crippen LogP contribution in [0.3, 0.4) is 0 Å². The first-order valence-corrected chi connectivity index (χ1v) is 11.1. The molecule has 0 radical (unpaired) electrons. The number of carbonyl (C=O) groups excluding carboxylic acids is 1. The predicted octanol–water partition coefficient (Wildman–Crippen LogP) is 4.51. The molecule has 1 N–H and O–H groups in total. The predicted molar refractivity (Wildman–Crippen MR) is 117 cm³/mol. The third-order valence-corrected chi connectivity index (χ3v) is 6.56. The van der Waals surface area contributed by atoms with Crippen molar-refractivity contribution in [1.29, 1.82) is 0 Å². The number of amides is 1. The summed E-state index contributed by atoms with van der Waals surface area (Å²) in [5.41, 5.74) is 5.56. The van der Waals surface area contributed by atoms with E-state index in [0.717, 1.165) is 48.9 Å². The van der Waals surface area contributed by atoms with Crippen LogP contribution in [0.1, 0.15) is 53.4 Å². The van der Waals surface area contributed by atoms with Gasteiger partial charge in [0.05, 0.1) is 17.2 Å². The van der Waals surface area contributed by atoms with Gasteiger partial charge in [-0.3, -0.25) is 9.78 Å². The zero-order valence-corrected chi connectivity index (χ0v) is 17.6. The van der Waals surface area contributed by atoms with Crippen LogP contribution in [0.4, 0.5) is 0 Å². The van der Waals surface area contributed by atoms with Crippen molar-refractivity contribution in [3.8, 4) is 0 Å². The van der Waals surface area contributed by atoms with Gasteiger partial charge in [0.25, 0.3) is 5.91 Å². The lowest BCUT2D eigenvalue weighted by atomic mass is 9.87. The van der Waals surface area contributed by atoms with Crippen LogP contribution in [0.5, 0.6) is 0 Å². The van der Waals surface area contributed by atoms with Crippen molar-refractivity contribution < 1.29 is 9.53 Å². The lowest BCUT2D eigenvalue weighted by Gasteiger charge is -2.26. The summed E-state index contributed by atoms with van der Waals surface area (Å²) in [6.45, 7) is 4.29. The van der Waals surface area contributed by atoms with Gasteiger partial charge in [-0.15, -0.1) is 0 Å². The number of hydrogen-bond acceptors (Lipinski definition) is 3. The van der Waals surface area contributed by atoms with Crippen molar-refractivity contribution in [3.63, 3.8) is 0 Å². The molecule has 2 atom stereocenters. The number of carbonyl (C=O) groups is 1. The van der Waals surface area contributed by atoms with Crippen molar-refractivity contribution in [2.75, 3.05) is 13.2 Å². The fourth-order valence-corrected chi connectivity index (χ4v) is 4.93. The van der Waals surface area contributed by atoms with Crippen molar-refractivity contribution in [1.82, 2.24) is 14.9 Å². The monoisotopic (exact) mass is 403 g/mol. The Morgan fingerprint density at radius 2 is 2.10 bits per heavy atom. The summed E-state index contributed by atoms with van der Waals surface area (Å²) < 4.78 is 5.86. The molecule has 5 heteroatoms. The molecule has 1 saturated heterocycles. The molecule has 1 aliphatic carbocycles. The minimum Gasteiger partial charge on any atom is -0.376 e. The van der Waals surface area contributed by atoms with Gasteiger partial charge in [0.1, 0.15) is 0 Å². The number of ether oxygens (including phenoxy) is 1. The standard InChI is InChI=1S/C25H29N3O2/c1-17-7-8-23-22(14-17)20-5-2-6-21(24(20)27-23)25(29)28(16-19-4-3-13-30-19)15-18-9-11-26-12-10-18/h2,5-6,9-12,17,19,27H,3-4,7-8,13-16H2,1H3. The molecule has 1 aromatic carbocycles. The van der Waals surface area contributed by atoms with Crippen LogP contribution in [-0.4, -0.2) is 40.0 Å². The minimum atomic E-state index is 0.0690. The Bertz CT molecular complexity index is 1040. The molecule has 3 heterocycles. The first kappa shape index (κ1) is 19.3. The first-order chi connectivity index (χ1) is 14.7. The molecule has 2 unspecified atom stereocenters. The molecule has 0 saturated carbocycles. The molecule has 0 spiro atoms. The molecule has 30 heavy (non-hydrogen) atoms. The van der Waals surface area contributed by atoms with Crippen molar-refractivity contribution in [2.45, 2.75) is 51.7 Å². The summed E-state index contributed by atoms with van der Waals surface area (Å²) >= 11 is 0. The third kappa shape index (κ3) is 3.74. The molecule has 5 nitrogen and oxygen atoms in total. The molecule has 0 bridgehead atoms. The maximum Gasteiger partial charge on any atom is 0.256 e. The van der Waals surface area contributed by atoms with Crippen LogP contribution in [0.25, 0.3) is 10.9 Å². The van der Waals surface area contributed by atoms with E-state index in [1.807, 2.05) is 29.2 Å². The van der Waals surface area contributed by atoms with Crippen LogP contribution < -0.4 is 0 Å². The fourth-order valence-electron chi connectivity index (χ4n) is 4.93.